The van der Waals surface area contributed by atoms with Crippen molar-refractivity contribution in [3.05, 3.63) is 54.4 Å². The summed E-state index contributed by atoms with van der Waals surface area (Å²) in [6.07, 6.45) is 0. The Balaban J connectivity index is 1.85. The molecule has 0 atom stereocenters. The molecule has 8 nitrogen and oxygen atoms in total. The van der Waals surface area contributed by atoms with Gasteiger partial charge in [-0.1, -0.05) is 12.1 Å². The average molecular weight is 340 g/mol. The lowest BCUT2D eigenvalue weighted by Gasteiger charge is -2.02. The molecule has 0 aliphatic rings. The molecule has 120 valence electrons. The Morgan fingerprint density at radius 1 is 1.21 bits per heavy atom. The fraction of sp³-hybridized carbons (Fsp3) is 0. The summed E-state index contributed by atoms with van der Waals surface area (Å²) in [5.41, 5.74) is 4.79. The number of imidazole rings is 1. The van der Waals surface area contributed by atoms with E-state index in [0.717, 1.165) is 11.0 Å². The normalized spacial score (nSPS) is 12.1. The Labute approximate surface area is 137 Å². The van der Waals surface area contributed by atoms with Crippen LogP contribution in [0.2, 0.25) is 0 Å². The van der Waals surface area contributed by atoms with E-state index in [1.807, 2.05) is 30.3 Å². The third-order valence-electron chi connectivity index (χ3n) is 3.20. The third kappa shape index (κ3) is 3.24. The molecule has 0 amide bonds. The van der Waals surface area contributed by atoms with Gasteiger partial charge < -0.3 is 4.98 Å². The molecule has 1 heterocycles. The van der Waals surface area contributed by atoms with Crippen LogP contribution >= 0.6 is 0 Å². The van der Waals surface area contributed by atoms with Gasteiger partial charge in [0.25, 0.3) is 0 Å². The highest BCUT2D eigenvalue weighted by atomic mass is 32.2. The largest absolute Gasteiger partial charge is 0.336 e. The predicted molar refractivity (Wildman–Crippen MR) is 89.7 cm³/mol. The van der Waals surface area contributed by atoms with Crippen LogP contribution in [0.25, 0.3) is 11.0 Å². The zero-order valence-electron chi connectivity index (χ0n) is 12.3. The SMILES string of the molecule is N#C/C(=N\Nc1ccc(S(N)(=O)=O)cc1)c1nc2ccccc2[nH]1. The lowest BCUT2D eigenvalue weighted by molar-refractivity contribution is 0.598. The summed E-state index contributed by atoms with van der Waals surface area (Å²) >= 11 is 0. The molecule has 0 unspecified atom stereocenters. The summed E-state index contributed by atoms with van der Waals surface area (Å²) in [5, 5.41) is 18.3. The maximum Gasteiger partial charge on any atom is 0.238 e. The highest BCUT2D eigenvalue weighted by Crippen LogP contribution is 2.14. The number of primary sulfonamides is 1. The van der Waals surface area contributed by atoms with Crippen LogP contribution in [0.5, 0.6) is 0 Å². The fourth-order valence-electron chi connectivity index (χ4n) is 2.04. The molecule has 0 saturated heterocycles. The summed E-state index contributed by atoms with van der Waals surface area (Å²) in [5.74, 6) is 0.340. The molecule has 4 N–H and O–H groups in total. The topological polar surface area (TPSA) is 137 Å². The molecule has 0 fully saturated rings. The summed E-state index contributed by atoms with van der Waals surface area (Å²) in [7, 11) is -3.74. The highest BCUT2D eigenvalue weighted by Gasteiger charge is 2.10. The van der Waals surface area contributed by atoms with Gasteiger partial charge >= 0.3 is 0 Å². The number of nitrogens with one attached hydrogen (secondary N) is 2. The third-order valence-corrected chi connectivity index (χ3v) is 4.13. The first-order valence-electron chi connectivity index (χ1n) is 6.79. The van der Waals surface area contributed by atoms with E-state index in [-0.39, 0.29) is 10.6 Å². The van der Waals surface area contributed by atoms with Crippen molar-refractivity contribution in [2.75, 3.05) is 5.43 Å². The summed E-state index contributed by atoms with van der Waals surface area (Å²) in [6.45, 7) is 0. The minimum absolute atomic E-state index is 0.00480. The maximum absolute atomic E-state index is 11.2. The first-order valence-corrected chi connectivity index (χ1v) is 8.34. The molecule has 24 heavy (non-hydrogen) atoms. The first kappa shape index (κ1) is 15.7. The summed E-state index contributed by atoms with van der Waals surface area (Å²) < 4.78 is 22.4. The van der Waals surface area contributed by atoms with Crippen LogP contribution in [0.3, 0.4) is 0 Å². The molecule has 0 aliphatic heterocycles. The summed E-state index contributed by atoms with van der Waals surface area (Å²) in [4.78, 5) is 7.30. The number of benzene rings is 2. The fourth-order valence-corrected chi connectivity index (χ4v) is 2.55. The van der Waals surface area contributed by atoms with Crippen molar-refractivity contribution < 1.29 is 8.42 Å². The lowest BCUT2D eigenvalue weighted by Crippen LogP contribution is -2.11. The van der Waals surface area contributed by atoms with E-state index in [1.165, 1.54) is 24.3 Å². The number of rotatable bonds is 4. The van der Waals surface area contributed by atoms with E-state index < -0.39 is 10.0 Å². The van der Waals surface area contributed by atoms with E-state index in [9.17, 15) is 13.7 Å². The minimum Gasteiger partial charge on any atom is -0.336 e. The number of fused-ring (bicyclic) bond motifs is 1. The van der Waals surface area contributed by atoms with Gasteiger partial charge in [0.15, 0.2) is 5.82 Å². The van der Waals surface area contributed by atoms with Gasteiger partial charge in [-0.25, -0.2) is 18.5 Å². The number of sulfonamides is 1. The molecule has 0 radical (unpaired) electrons. The zero-order valence-corrected chi connectivity index (χ0v) is 13.1. The Bertz CT molecular complexity index is 1030. The molecule has 3 rings (SSSR count). The number of hydrazone groups is 1. The molecular weight excluding hydrogens is 328 g/mol. The van der Waals surface area contributed by atoms with Crippen LogP contribution in [0, 0.1) is 11.3 Å². The summed E-state index contributed by atoms with van der Waals surface area (Å²) in [6, 6.07) is 15.0. The van der Waals surface area contributed by atoms with Crippen molar-refractivity contribution in [3.8, 4) is 6.07 Å². The smallest absolute Gasteiger partial charge is 0.238 e. The van der Waals surface area contributed by atoms with Gasteiger partial charge in [-0.2, -0.15) is 10.4 Å². The maximum atomic E-state index is 11.2. The number of para-hydroxylation sites is 2. The van der Waals surface area contributed by atoms with E-state index >= 15 is 0 Å². The molecule has 0 saturated carbocycles. The average Bonchev–Trinajstić information content (AvgIpc) is 2.99. The van der Waals surface area contributed by atoms with E-state index in [0.29, 0.717) is 11.5 Å². The number of nitrogens with two attached hydrogens (primary N) is 1. The molecule has 0 aliphatic carbocycles. The van der Waals surface area contributed by atoms with Crippen molar-refractivity contribution in [1.29, 1.82) is 5.26 Å². The van der Waals surface area contributed by atoms with Crippen LogP contribution in [-0.4, -0.2) is 24.1 Å². The highest BCUT2D eigenvalue weighted by molar-refractivity contribution is 7.89. The van der Waals surface area contributed by atoms with Gasteiger partial charge in [0.2, 0.25) is 15.7 Å². The Kier molecular flexibility index (Phi) is 3.99. The second-order valence-corrected chi connectivity index (χ2v) is 6.42. The number of H-pyrrole nitrogens is 1. The van der Waals surface area contributed by atoms with Crippen LogP contribution < -0.4 is 10.6 Å². The van der Waals surface area contributed by atoms with E-state index in [4.69, 9.17) is 5.14 Å². The van der Waals surface area contributed by atoms with Gasteiger partial charge in [-0.05, 0) is 36.4 Å². The van der Waals surface area contributed by atoms with Crippen molar-refractivity contribution in [2.45, 2.75) is 4.90 Å². The van der Waals surface area contributed by atoms with Crippen molar-refractivity contribution in [3.63, 3.8) is 0 Å². The number of aromatic amines is 1. The molecule has 0 spiro atoms. The molecule has 9 heteroatoms. The number of nitriles is 1. The van der Waals surface area contributed by atoms with Gasteiger partial charge in [-0.3, -0.25) is 5.43 Å². The van der Waals surface area contributed by atoms with Crippen LogP contribution in [0.1, 0.15) is 5.82 Å². The number of anilines is 1. The molecule has 2 aromatic carbocycles. The van der Waals surface area contributed by atoms with E-state index in [2.05, 4.69) is 20.5 Å². The Hall–Kier alpha value is -3.22. The lowest BCUT2D eigenvalue weighted by atomic mass is 10.3. The van der Waals surface area contributed by atoms with E-state index in [1.54, 1.807) is 0 Å². The second-order valence-electron chi connectivity index (χ2n) is 4.86. The number of nitrogens with zero attached hydrogens (tertiary/aromatic N) is 3. The number of hydrogen-bond acceptors (Lipinski definition) is 6. The molecular formula is C15H12N6O2S. The van der Waals surface area contributed by atoms with Crippen LogP contribution in [0.4, 0.5) is 5.69 Å². The van der Waals surface area contributed by atoms with Crippen LogP contribution in [-0.2, 0) is 10.0 Å². The molecule has 3 aromatic rings. The Morgan fingerprint density at radius 3 is 2.54 bits per heavy atom. The molecule has 1 aromatic heterocycles. The second kappa shape index (κ2) is 6.11. The monoisotopic (exact) mass is 340 g/mol. The van der Waals surface area contributed by atoms with Crippen molar-refractivity contribution in [1.82, 2.24) is 9.97 Å². The van der Waals surface area contributed by atoms with Crippen LogP contribution in [0.15, 0.2) is 58.5 Å². The number of hydrogen-bond donors (Lipinski definition) is 3. The minimum atomic E-state index is -3.74. The molecule has 0 bridgehead atoms. The van der Waals surface area contributed by atoms with Gasteiger partial charge in [0.1, 0.15) is 6.07 Å². The first-order chi connectivity index (χ1) is 11.5. The zero-order chi connectivity index (χ0) is 17.2. The Morgan fingerprint density at radius 2 is 1.92 bits per heavy atom. The predicted octanol–water partition coefficient (Wildman–Crippen LogP) is 1.55. The van der Waals surface area contributed by atoms with Gasteiger partial charge in [0.05, 0.1) is 21.6 Å². The van der Waals surface area contributed by atoms with Crippen molar-refractivity contribution >= 4 is 32.5 Å². The van der Waals surface area contributed by atoms with Gasteiger partial charge in [0, 0.05) is 0 Å². The van der Waals surface area contributed by atoms with Gasteiger partial charge in [-0.15, -0.1) is 0 Å². The number of aromatic nitrogens is 2. The quantitative estimate of drug-likeness (QED) is 0.489. The standard InChI is InChI=1S/C15H12N6O2S/c16-9-14(15-18-12-3-1-2-4-13(12)19-15)21-20-10-5-7-11(8-6-10)24(17,22)23/h1-8,20H,(H,18,19)(H2,17,22,23)/b21-14+. The van der Waals surface area contributed by atoms with Crippen molar-refractivity contribution in [2.24, 2.45) is 10.2 Å².